The molecule has 1 heterocycles. The molecule has 12 heteroatoms. The minimum absolute atomic E-state index is 0.00585. The fraction of sp³-hybridized carbons (Fsp3) is 0.273. The van der Waals surface area contributed by atoms with Gasteiger partial charge in [-0.1, -0.05) is 23.7 Å². The maximum Gasteiger partial charge on any atom is 0.435 e. The van der Waals surface area contributed by atoms with Crippen molar-refractivity contribution in [1.29, 1.82) is 0 Å². The lowest BCUT2D eigenvalue weighted by molar-refractivity contribution is -0.142. The number of ether oxygens (including phenoxy) is 2. The Bertz CT molecular complexity index is 1290. The second kappa shape index (κ2) is 10.1. The summed E-state index contributed by atoms with van der Waals surface area (Å²) in [5.41, 5.74) is -0.448. The van der Waals surface area contributed by atoms with Gasteiger partial charge in [-0.3, -0.25) is 4.79 Å². The quantitative estimate of drug-likeness (QED) is 0.311. The van der Waals surface area contributed by atoms with Gasteiger partial charge in [0.2, 0.25) is 0 Å². The Morgan fingerprint density at radius 1 is 1.12 bits per heavy atom. The van der Waals surface area contributed by atoms with Gasteiger partial charge in [-0.25, -0.2) is 13.1 Å². The van der Waals surface area contributed by atoms with Crippen LogP contribution < -0.4 is 4.74 Å². The van der Waals surface area contributed by atoms with Crippen LogP contribution in [0.3, 0.4) is 0 Å². The number of carbonyl (C=O) groups excluding carboxylic acids is 1. The summed E-state index contributed by atoms with van der Waals surface area (Å²) in [6.07, 6.45) is -4.58. The van der Waals surface area contributed by atoms with E-state index in [-0.39, 0.29) is 40.1 Å². The summed E-state index contributed by atoms with van der Waals surface area (Å²) in [6.45, 7) is 1.19. The Hall–Kier alpha value is -3.05. The van der Waals surface area contributed by atoms with Crippen molar-refractivity contribution < 1.29 is 35.9 Å². The van der Waals surface area contributed by atoms with Crippen LogP contribution in [0.1, 0.15) is 19.0 Å². The van der Waals surface area contributed by atoms with Gasteiger partial charge in [-0.15, -0.1) is 0 Å². The number of carbonyl (C=O) groups is 1. The Balaban J connectivity index is 1.95. The Labute approximate surface area is 199 Å². The summed E-state index contributed by atoms with van der Waals surface area (Å²) < 4.78 is 76.1. The number of rotatable bonds is 8. The number of hydrogen-bond donors (Lipinski definition) is 0. The Morgan fingerprint density at radius 2 is 1.79 bits per heavy atom. The highest BCUT2D eigenvalue weighted by molar-refractivity contribution is 7.91. The molecule has 0 spiro atoms. The van der Waals surface area contributed by atoms with Crippen molar-refractivity contribution >= 4 is 27.4 Å². The van der Waals surface area contributed by atoms with Crippen LogP contribution in [0.25, 0.3) is 16.9 Å². The smallest absolute Gasteiger partial charge is 0.435 e. The fourth-order valence-corrected chi connectivity index (χ4v) is 4.66. The van der Waals surface area contributed by atoms with Gasteiger partial charge in [0.15, 0.2) is 15.5 Å². The standard InChI is InChI=1S/C22H20ClF3N2O5S/c1-14(29)33-10-3-11-34(30,31)17-7-4-15(5-8-17)19-13-21(22(24,25)26)27-28(19)16-6-9-20(32-2)18(23)12-16/h4-9,12-13H,3,10-11H2,1-2H3. The Kier molecular flexibility index (Phi) is 7.57. The summed E-state index contributed by atoms with van der Waals surface area (Å²) in [7, 11) is -2.27. The molecule has 0 fully saturated rings. The minimum atomic E-state index is -4.69. The van der Waals surface area contributed by atoms with Crippen molar-refractivity contribution in [2.45, 2.75) is 24.4 Å². The number of halogens is 4. The van der Waals surface area contributed by atoms with Crippen molar-refractivity contribution in [3.05, 3.63) is 59.2 Å². The van der Waals surface area contributed by atoms with Gasteiger partial charge in [0.05, 0.1) is 40.8 Å². The molecule has 0 bridgehead atoms. The third kappa shape index (κ3) is 5.89. The van der Waals surface area contributed by atoms with E-state index in [1.54, 1.807) is 0 Å². The van der Waals surface area contributed by atoms with Gasteiger partial charge in [0.25, 0.3) is 0 Å². The number of hydrogen-bond acceptors (Lipinski definition) is 6. The van der Waals surface area contributed by atoms with E-state index in [0.717, 1.165) is 10.7 Å². The molecule has 3 aromatic rings. The molecular weight excluding hydrogens is 497 g/mol. The molecule has 182 valence electrons. The number of aromatic nitrogens is 2. The molecule has 0 radical (unpaired) electrons. The van der Waals surface area contributed by atoms with E-state index in [1.165, 1.54) is 56.5 Å². The number of alkyl halides is 3. The summed E-state index contributed by atoms with van der Waals surface area (Å²) in [5.74, 6) is -0.409. The first-order valence-corrected chi connectivity index (χ1v) is 11.9. The molecule has 0 aliphatic rings. The van der Waals surface area contributed by atoms with Gasteiger partial charge < -0.3 is 9.47 Å². The highest BCUT2D eigenvalue weighted by Gasteiger charge is 2.35. The van der Waals surface area contributed by atoms with Crippen LogP contribution in [-0.2, 0) is 25.5 Å². The van der Waals surface area contributed by atoms with Crippen molar-refractivity contribution in [2.24, 2.45) is 0 Å². The lowest BCUT2D eigenvalue weighted by Crippen LogP contribution is -2.10. The number of sulfone groups is 1. The molecule has 34 heavy (non-hydrogen) atoms. The zero-order valence-corrected chi connectivity index (χ0v) is 19.7. The molecule has 1 aromatic heterocycles. The van der Waals surface area contributed by atoms with Crippen molar-refractivity contribution in [2.75, 3.05) is 19.5 Å². The van der Waals surface area contributed by atoms with Gasteiger partial charge in [0.1, 0.15) is 5.75 Å². The molecule has 0 unspecified atom stereocenters. The molecule has 0 amide bonds. The first-order chi connectivity index (χ1) is 15.9. The van der Waals surface area contributed by atoms with E-state index in [0.29, 0.717) is 11.3 Å². The summed E-state index contributed by atoms with van der Waals surface area (Å²) in [5, 5.41) is 3.88. The zero-order valence-electron chi connectivity index (χ0n) is 18.1. The lowest BCUT2D eigenvalue weighted by Gasteiger charge is -2.11. The second-order valence-electron chi connectivity index (χ2n) is 7.18. The topological polar surface area (TPSA) is 87.5 Å². The predicted molar refractivity (Wildman–Crippen MR) is 119 cm³/mol. The largest absolute Gasteiger partial charge is 0.495 e. The molecule has 3 rings (SSSR count). The molecule has 7 nitrogen and oxygen atoms in total. The molecule has 2 aromatic carbocycles. The monoisotopic (exact) mass is 516 g/mol. The van der Waals surface area contributed by atoms with Crippen LogP contribution in [0.5, 0.6) is 5.75 Å². The number of methoxy groups -OCH3 is 1. The third-order valence-corrected chi connectivity index (χ3v) is 6.86. The van der Waals surface area contributed by atoms with Gasteiger partial charge in [0, 0.05) is 12.5 Å². The van der Waals surface area contributed by atoms with E-state index in [1.807, 2.05) is 0 Å². The number of esters is 1. The molecule has 0 saturated carbocycles. The van der Waals surface area contributed by atoms with Crippen LogP contribution in [0, 0.1) is 0 Å². The van der Waals surface area contributed by atoms with Crippen LogP contribution in [-0.4, -0.2) is 43.6 Å². The molecule has 0 saturated heterocycles. The first-order valence-electron chi connectivity index (χ1n) is 9.90. The van der Waals surface area contributed by atoms with E-state index in [9.17, 15) is 26.4 Å². The van der Waals surface area contributed by atoms with Crippen molar-refractivity contribution in [3.8, 4) is 22.7 Å². The molecular formula is C22H20ClF3N2O5S. The van der Waals surface area contributed by atoms with Crippen LogP contribution in [0.2, 0.25) is 5.02 Å². The highest BCUT2D eigenvalue weighted by atomic mass is 35.5. The van der Waals surface area contributed by atoms with Crippen LogP contribution >= 0.6 is 11.6 Å². The maximum absolute atomic E-state index is 13.4. The van der Waals surface area contributed by atoms with Gasteiger partial charge in [-0.05, 0) is 42.8 Å². The Morgan fingerprint density at radius 3 is 2.35 bits per heavy atom. The summed E-state index contributed by atoms with van der Waals surface area (Å²) >= 11 is 6.13. The third-order valence-electron chi connectivity index (χ3n) is 4.75. The van der Waals surface area contributed by atoms with Crippen LogP contribution in [0.15, 0.2) is 53.4 Å². The second-order valence-corrected chi connectivity index (χ2v) is 9.70. The van der Waals surface area contributed by atoms with Crippen LogP contribution in [0.4, 0.5) is 13.2 Å². The number of benzene rings is 2. The molecule has 0 atom stereocenters. The van der Waals surface area contributed by atoms with E-state index in [4.69, 9.17) is 21.1 Å². The van der Waals surface area contributed by atoms with E-state index < -0.39 is 27.7 Å². The number of nitrogens with zero attached hydrogens (tertiary/aromatic N) is 2. The van der Waals surface area contributed by atoms with E-state index >= 15 is 0 Å². The predicted octanol–water partition coefficient (Wildman–Crippen LogP) is 4.95. The first kappa shape index (κ1) is 25.6. The minimum Gasteiger partial charge on any atom is -0.495 e. The molecule has 0 N–H and O–H groups in total. The van der Waals surface area contributed by atoms with Gasteiger partial charge >= 0.3 is 12.1 Å². The highest BCUT2D eigenvalue weighted by Crippen LogP contribution is 2.35. The zero-order chi connectivity index (χ0) is 25.1. The average molecular weight is 517 g/mol. The van der Waals surface area contributed by atoms with E-state index in [2.05, 4.69) is 5.10 Å². The average Bonchev–Trinajstić information content (AvgIpc) is 3.23. The SMILES string of the molecule is COc1ccc(-n2nc(C(F)(F)F)cc2-c2ccc(S(=O)(=O)CCCOC(C)=O)cc2)cc1Cl. The normalized spacial score (nSPS) is 11.9. The lowest BCUT2D eigenvalue weighted by atomic mass is 10.1. The van der Waals surface area contributed by atoms with Crippen molar-refractivity contribution in [3.63, 3.8) is 0 Å². The maximum atomic E-state index is 13.4. The van der Waals surface area contributed by atoms with Gasteiger partial charge in [-0.2, -0.15) is 18.3 Å². The van der Waals surface area contributed by atoms with Crippen molar-refractivity contribution in [1.82, 2.24) is 9.78 Å². The summed E-state index contributed by atoms with van der Waals surface area (Å²) in [4.78, 5) is 10.8. The summed E-state index contributed by atoms with van der Waals surface area (Å²) in [6, 6.07) is 10.7. The molecule has 0 aliphatic heterocycles. The fourth-order valence-electron chi connectivity index (χ4n) is 3.12. The molecule has 0 aliphatic carbocycles.